The molecule has 13 heteroatoms. The van der Waals surface area contributed by atoms with Gasteiger partial charge in [-0.3, -0.25) is 29.1 Å². The monoisotopic (exact) mass is 461 g/mol. The van der Waals surface area contributed by atoms with E-state index in [-0.39, 0.29) is 0 Å². The summed E-state index contributed by atoms with van der Waals surface area (Å²) < 4.78 is 6.30. The molecule has 3 unspecified atom stereocenters. The molecule has 3 rings (SSSR count). The van der Waals surface area contributed by atoms with E-state index < -0.39 is 79.9 Å². The molecule has 0 spiro atoms. The Labute approximate surface area is 184 Å². The molecule has 32 heavy (non-hydrogen) atoms. The molecular formula is C19H31N3O10. The Hall–Kier alpha value is -1.87. The average molecular weight is 461 g/mol. The van der Waals surface area contributed by atoms with Crippen LogP contribution in [0, 0.1) is 0 Å². The lowest BCUT2D eigenvalue weighted by molar-refractivity contribution is -0.248. The van der Waals surface area contributed by atoms with Gasteiger partial charge in [-0.2, -0.15) is 0 Å². The molecule has 0 bridgehead atoms. The molecule has 0 radical (unpaired) electrons. The predicted molar refractivity (Wildman–Crippen MR) is 106 cm³/mol. The summed E-state index contributed by atoms with van der Waals surface area (Å²) in [7, 11) is 0. The van der Waals surface area contributed by atoms with Gasteiger partial charge in [-0.1, -0.05) is 0 Å². The standard InChI is InChI=1S/C19H31N3O10/c23-10-11(24)18(31)19(12(7-15(25)26)20-1-2-20,13(8-16(27)28)21-3-4-21)32-14(9-17(29)30)22-5-6-22/h11-14,18,23-24,31H,1-10H2,(H,25,26)(H,27,28)(H,29,30)/t11-,12?,13?,14?,18-,19?/m1/s1. The second-order valence-electron chi connectivity index (χ2n) is 8.55. The van der Waals surface area contributed by atoms with Crippen LogP contribution in [0.15, 0.2) is 0 Å². The smallest absolute Gasteiger partial charge is 0.307 e. The summed E-state index contributed by atoms with van der Waals surface area (Å²) in [4.78, 5) is 40.1. The molecule has 182 valence electrons. The summed E-state index contributed by atoms with van der Waals surface area (Å²) in [5.41, 5.74) is -1.99. The van der Waals surface area contributed by atoms with Gasteiger partial charge < -0.3 is 35.4 Å². The van der Waals surface area contributed by atoms with Crippen LogP contribution >= 0.6 is 0 Å². The van der Waals surface area contributed by atoms with Gasteiger partial charge in [-0.05, 0) is 0 Å². The van der Waals surface area contributed by atoms with Crippen molar-refractivity contribution in [2.24, 2.45) is 0 Å². The highest BCUT2D eigenvalue weighted by Gasteiger charge is 2.62. The second-order valence-corrected chi connectivity index (χ2v) is 8.55. The van der Waals surface area contributed by atoms with Crippen molar-refractivity contribution in [2.75, 3.05) is 45.9 Å². The molecule has 3 saturated heterocycles. The van der Waals surface area contributed by atoms with Crippen molar-refractivity contribution in [3.63, 3.8) is 0 Å². The van der Waals surface area contributed by atoms with Crippen LogP contribution in [0.25, 0.3) is 0 Å². The molecule has 0 aliphatic carbocycles. The maximum Gasteiger partial charge on any atom is 0.307 e. The number of carbonyl (C=O) groups is 3. The molecule has 6 N–H and O–H groups in total. The van der Waals surface area contributed by atoms with Gasteiger partial charge in [0.05, 0.1) is 38.0 Å². The Morgan fingerprint density at radius 3 is 1.47 bits per heavy atom. The molecule has 3 fully saturated rings. The van der Waals surface area contributed by atoms with E-state index in [2.05, 4.69) is 0 Å². The van der Waals surface area contributed by atoms with Gasteiger partial charge in [0.1, 0.15) is 24.0 Å². The van der Waals surface area contributed by atoms with Crippen molar-refractivity contribution in [2.45, 2.75) is 55.4 Å². The van der Waals surface area contributed by atoms with E-state index in [1.807, 2.05) is 0 Å². The van der Waals surface area contributed by atoms with Gasteiger partial charge >= 0.3 is 17.9 Å². The Balaban J connectivity index is 2.13. The van der Waals surface area contributed by atoms with Crippen LogP contribution in [0.3, 0.4) is 0 Å². The number of ether oxygens (including phenoxy) is 1. The van der Waals surface area contributed by atoms with Crippen LogP contribution < -0.4 is 0 Å². The summed E-state index contributed by atoms with van der Waals surface area (Å²) >= 11 is 0. The molecule has 0 aromatic heterocycles. The average Bonchev–Trinajstić information content (AvgIpc) is 3.57. The summed E-state index contributed by atoms with van der Waals surface area (Å²) in [6.07, 6.45) is -6.25. The molecule has 0 aromatic carbocycles. The zero-order valence-electron chi connectivity index (χ0n) is 17.6. The number of aliphatic hydroxyl groups excluding tert-OH is 3. The predicted octanol–water partition coefficient (Wildman–Crippen LogP) is -3.11. The van der Waals surface area contributed by atoms with E-state index in [1.165, 1.54) is 0 Å². The number of hydrogen-bond acceptors (Lipinski definition) is 10. The molecule has 0 saturated carbocycles. The molecule has 3 aliphatic rings. The second kappa shape index (κ2) is 9.95. The Morgan fingerprint density at radius 2 is 1.16 bits per heavy atom. The van der Waals surface area contributed by atoms with Gasteiger partial charge in [0.25, 0.3) is 0 Å². The summed E-state index contributed by atoms with van der Waals surface area (Å²) in [6, 6.07) is -2.12. The van der Waals surface area contributed by atoms with Crippen molar-refractivity contribution in [1.82, 2.24) is 14.7 Å². The van der Waals surface area contributed by atoms with Crippen LogP contribution in [-0.2, 0) is 19.1 Å². The number of hydrogen-bond donors (Lipinski definition) is 6. The molecular weight excluding hydrogens is 430 g/mol. The van der Waals surface area contributed by atoms with Gasteiger partial charge in [0, 0.05) is 39.3 Å². The van der Waals surface area contributed by atoms with Crippen LogP contribution in [0.1, 0.15) is 19.3 Å². The summed E-state index contributed by atoms with van der Waals surface area (Å²) in [6.45, 7) is 2.05. The lowest BCUT2D eigenvalue weighted by Gasteiger charge is -2.51. The first-order valence-corrected chi connectivity index (χ1v) is 10.6. The number of carboxylic acids is 3. The minimum Gasteiger partial charge on any atom is -0.481 e. The summed E-state index contributed by atoms with van der Waals surface area (Å²) in [5, 5.41) is 59.9. The van der Waals surface area contributed by atoms with Gasteiger partial charge in [0.15, 0.2) is 0 Å². The van der Waals surface area contributed by atoms with Gasteiger partial charge in [-0.15, -0.1) is 0 Å². The lowest BCUT2D eigenvalue weighted by Crippen LogP contribution is -2.71. The van der Waals surface area contributed by atoms with Crippen LogP contribution in [0.2, 0.25) is 0 Å². The molecule has 0 amide bonds. The molecule has 13 nitrogen and oxygen atoms in total. The fraction of sp³-hybridized carbons (Fsp3) is 0.842. The number of carboxylic acid groups (broad SMARTS) is 3. The molecule has 3 aliphatic heterocycles. The third kappa shape index (κ3) is 5.73. The first kappa shape index (κ1) is 24.8. The normalized spacial score (nSPS) is 25.2. The maximum absolute atomic E-state index is 11.8. The SMILES string of the molecule is O=C(O)CC(OC(C(CC(=O)O)N1CC1)(C(CC(=O)O)N1CC1)[C@H](O)[C@H](O)CO)N1CC1. The van der Waals surface area contributed by atoms with Crippen LogP contribution in [-0.4, -0.2) is 145 Å². The van der Waals surface area contributed by atoms with Crippen molar-refractivity contribution in [3.05, 3.63) is 0 Å². The van der Waals surface area contributed by atoms with E-state index in [9.17, 15) is 45.0 Å². The molecule has 3 heterocycles. The van der Waals surface area contributed by atoms with E-state index >= 15 is 0 Å². The zero-order valence-corrected chi connectivity index (χ0v) is 17.6. The number of aliphatic hydroxyl groups is 3. The minimum atomic E-state index is -1.99. The third-order valence-corrected chi connectivity index (χ3v) is 6.21. The number of rotatable bonds is 16. The van der Waals surface area contributed by atoms with Gasteiger partial charge in [-0.25, -0.2) is 0 Å². The Bertz CT molecular complexity index is 677. The van der Waals surface area contributed by atoms with Crippen molar-refractivity contribution < 1.29 is 49.8 Å². The van der Waals surface area contributed by atoms with Crippen LogP contribution in [0.4, 0.5) is 0 Å². The topological polar surface area (TPSA) is 191 Å². The van der Waals surface area contributed by atoms with Crippen molar-refractivity contribution >= 4 is 17.9 Å². The van der Waals surface area contributed by atoms with E-state index in [4.69, 9.17) is 4.74 Å². The first-order valence-electron chi connectivity index (χ1n) is 10.6. The third-order valence-electron chi connectivity index (χ3n) is 6.21. The van der Waals surface area contributed by atoms with Crippen molar-refractivity contribution in [1.29, 1.82) is 0 Å². The van der Waals surface area contributed by atoms with E-state index in [1.54, 1.807) is 14.7 Å². The minimum absolute atomic E-state index is 0.470. The van der Waals surface area contributed by atoms with Gasteiger partial charge in [0.2, 0.25) is 0 Å². The highest BCUT2D eigenvalue weighted by Crippen LogP contribution is 2.42. The number of aliphatic carboxylic acids is 3. The van der Waals surface area contributed by atoms with E-state index in [0.29, 0.717) is 39.3 Å². The summed E-state index contributed by atoms with van der Waals surface area (Å²) in [5.74, 6) is -3.63. The lowest BCUT2D eigenvalue weighted by atomic mass is 9.75. The fourth-order valence-electron chi connectivity index (χ4n) is 4.44. The maximum atomic E-state index is 11.8. The van der Waals surface area contributed by atoms with E-state index in [0.717, 1.165) is 0 Å². The Morgan fingerprint density at radius 1 is 0.750 bits per heavy atom. The molecule has 5 atom stereocenters. The Kier molecular flexibility index (Phi) is 7.70. The quantitative estimate of drug-likeness (QED) is 0.127. The zero-order chi connectivity index (χ0) is 23.6. The fourth-order valence-corrected chi connectivity index (χ4v) is 4.44. The molecule has 0 aromatic rings. The van der Waals surface area contributed by atoms with Crippen LogP contribution in [0.5, 0.6) is 0 Å². The highest BCUT2D eigenvalue weighted by atomic mass is 16.5. The largest absolute Gasteiger partial charge is 0.481 e. The number of nitrogens with zero attached hydrogens (tertiary/aromatic N) is 3. The first-order chi connectivity index (χ1) is 15.1. The van der Waals surface area contributed by atoms with Crippen molar-refractivity contribution in [3.8, 4) is 0 Å². The highest BCUT2D eigenvalue weighted by molar-refractivity contribution is 5.69.